The molecule has 0 aliphatic carbocycles. The molecule has 0 amide bonds. The summed E-state index contributed by atoms with van der Waals surface area (Å²) in [6.45, 7) is 1.80. The number of thioether (sulfide) groups is 1. The predicted molar refractivity (Wildman–Crippen MR) is 129 cm³/mol. The molecule has 0 radical (unpaired) electrons. The first-order chi connectivity index (χ1) is 15.2. The van der Waals surface area contributed by atoms with Crippen molar-refractivity contribution in [2.45, 2.75) is 24.2 Å². The van der Waals surface area contributed by atoms with Crippen molar-refractivity contribution in [2.24, 2.45) is 0 Å². The molecule has 1 heterocycles. The van der Waals surface area contributed by atoms with Crippen LogP contribution in [0.3, 0.4) is 0 Å². The summed E-state index contributed by atoms with van der Waals surface area (Å²) < 4.78 is 8.00. The summed E-state index contributed by atoms with van der Waals surface area (Å²) in [5, 5.41) is 16.2. The van der Waals surface area contributed by atoms with Crippen LogP contribution in [0.4, 0.5) is 0 Å². The van der Waals surface area contributed by atoms with Gasteiger partial charge in [-0.1, -0.05) is 58.5 Å². The van der Waals surface area contributed by atoms with E-state index in [4.69, 9.17) is 66.5 Å². The molecule has 0 spiro atoms. The summed E-state index contributed by atoms with van der Waals surface area (Å²) in [6.07, 6.45) is 5.53. The van der Waals surface area contributed by atoms with Gasteiger partial charge in [0.1, 0.15) is 0 Å². The standard InChI is InChI=1S/C20H18Cl4N2OS.HNO3/c21-16-3-2-15(19(23)8-16)10-27-11-17(9-26-6-5-25-13-26)28-12-14-1-4-18(22)20(24)7-14;2-1(3)4/h1-8,13,17H,9-12H2;(H,2,3,4). The van der Waals surface area contributed by atoms with E-state index >= 15 is 0 Å². The van der Waals surface area contributed by atoms with Crippen LogP contribution in [-0.4, -0.2) is 31.7 Å². The summed E-state index contributed by atoms with van der Waals surface area (Å²) in [4.78, 5) is 12.5. The molecule has 0 aliphatic heterocycles. The molecule has 0 saturated carbocycles. The zero-order chi connectivity index (χ0) is 23.5. The highest BCUT2D eigenvalue weighted by molar-refractivity contribution is 7.99. The average Bonchev–Trinajstić information content (AvgIpc) is 3.23. The zero-order valence-corrected chi connectivity index (χ0v) is 20.4. The van der Waals surface area contributed by atoms with Crippen LogP contribution in [0.5, 0.6) is 0 Å². The monoisotopic (exact) mass is 537 g/mol. The molecule has 1 atom stereocenters. The van der Waals surface area contributed by atoms with Gasteiger partial charge in [0, 0.05) is 40.0 Å². The van der Waals surface area contributed by atoms with Crippen LogP contribution >= 0.6 is 58.2 Å². The Bertz CT molecular complexity index is 1000. The first-order valence-electron chi connectivity index (χ1n) is 9.10. The lowest BCUT2D eigenvalue weighted by atomic mass is 10.2. The van der Waals surface area contributed by atoms with Crippen LogP contribution in [0.25, 0.3) is 0 Å². The van der Waals surface area contributed by atoms with Gasteiger partial charge in [-0.3, -0.25) is 0 Å². The van der Waals surface area contributed by atoms with Crippen LogP contribution in [0.1, 0.15) is 11.1 Å². The van der Waals surface area contributed by atoms with Crippen molar-refractivity contribution in [3.05, 3.63) is 96.5 Å². The molecule has 1 aromatic heterocycles. The Balaban J connectivity index is 0.000000837. The Hall–Kier alpha value is -1.68. The van der Waals surface area contributed by atoms with Crippen molar-refractivity contribution >= 4 is 58.2 Å². The number of imidazole rings is 1. The third kappa shape index (κ3) is 9.85. The quantitative estimate of drug-likeness (QED) is 0.242. The number of aromatic nitrogens is 2. The van der Waals surface area contributed by atoms with E-state index in [1.807, 2.05) is 47.4 Å². The number of hydrogen-bond donors (Lipinski definition) is 1. The molecule has 0 fully saturated rings. The van der Waals surface area contributed by atoms with Gasteiger partial charge < -0.3 is 14.5 Å². The van der Waals surface area contributed by atoms with Crippen LogP contribution < -0.4 is 0 Å². The lowest BCUT2D eigenvalue weighted by Crippen LogP contribution is -2.19. The highest BCUT2D eigenvalue weighted by Gasteiger charge is 2.13. The number of ether oxygens (including phenoxy) is 1. The van der Waals surface area contributed by atoms with E-state index in [1.165, 1.54) is 0 Å². The average molecular weight is 539 g/mol. The van der Waals surface area contributed by atoms with Crippen molar-refractivity contribution < 1.29 is 15.0 Å². The van der Waals surface area contributed by atoms with Gasteiger partial charge in [-0.15, -0.1) is 21.9 Å². The molecule has 0 aliphatic rings. The Morgan fingerprint density at radius 2 is 1.88 bits per heavy atom. The molecule has 172 valence electrons. The van der Waals surface area contributed by atoms with Crippen molar-refractivity contribution in [2.75, 3.05) is 6.61 Å². The van der Waals surface area contributed by atoms with E-state index < -0.39 is 5.09 Å². The Kier molecular flexibility index (Phi) is 11.4. The van der Waals surface area contributed by atoms with Crippen molar-refractivity contribution in [3.63, 3.8) is 0 Å². The fourth-order valence-electron chi connectivity index (χ4n) is 2.57. The minimum atomic E-state index is -1.50. The molecule has 0 saturated heterocycles. The smallest absolute Gasteiger partial charge is 0.291 e. The van der Waals surface area contributed by atoms with Crippen LogP contribution in [0, 0.1) is 10.1 Å². The van der Waals surface area contributed by atoms with Crippen molar-refractivity contribution in [1.29, 1.82) is 0 Å². The molecule has 32 heavy (non-hydrogen) atoms. The molecule has 1 unspecified atom stereocenters. The third-order valence-corrected chi connectivity index (χ3v) is 6.60. The zero-order valence-electron chi connectivity index (χ0n) is 16.5. The Morgan fingerprint density at radius 3 is 2.50 bits per heavy atom. The first kappa shape index (κ1) is 26.6. The highest BCUT2D eigenvalue weighted by atomic mass is 35.5. The van der Waals surface area contributed by atoms with Gasteiger partial charge in [0.15, 0.2) is 0 Å². The number of hydrogen-bond acceptors (Lipinski definition) is 5. The summed E-state index contributed by atoms with van der Waals surface area (Å²) >= 11 is 26.1. The molecule has 0 bridgehead atoms. The van der Waals surface area contributed by atoms with E-state index in [9.17, 15) is 0 Å². The molecular weight excluding hydrogens is 520 g/mol. The normalized spacial score (nSPS) is 11.5. The van der Waals surface area contributed by atoms with Gasteiger partial charge >= 0.3 is 0 Å². The number of halogens is 4. The topological polar surface area (TPSA) is 90.4 Å². The maximum atomic E-state index is 8.36. The Morgan fingerprint density at radius 1 is 1.12 bits per heavy atom. The van der Waals surface area contributed by atoms with E-state index in [0.29, 0.717) is 33.3 Å². The number of rotatable bonds is 9. The van der Waals surface area contributed by atoms with E-state index in [0.717, 1.165) is 23.4 Å². The number of benzene rings is 2. The molecule has 12 heteroatoms. The summed E-state index contributed by atoms with van der Waals surface area (Å²) in [6, 6.07) is 11.1. The minimum absolute atomic E-state index is 0.231. The highest BCUT2D eigenvalue weighted by Crippen LogP contribution is 2.27. The maximum Gasteiger partial charge on any atom is 0.291 e. The predicted octanol–water partition coefficient (Wildman–Crippen LogP) is 6.67. The molecule has 3 aromatic rings. The number of nitrogens with zero attached hydrogens (tertiary/aromatic N) is 3. The summed E-state index contributed by atoms with van der Waals surface area (Å²) in [5.74, 6) is 0.807. The molecule has 1 N–H and O–H groups in total. The second-order valence-electron chi connectivity index (χ2n) is 6.43. The van der Waals surface area contributed by atoms with Crippen LogP contribution in [-0.2, 0) is 23.6 Å². The van der Waals surface area contributed by atoms with E-state index in [1.54, 1.807) is 24.0 Å². The third-order valence-electron chi connectivity index (χ3n) is 4.02. The van der Waals surface area contributed by atoms with Gasteiger partial charge in [-0.05, 0) is 35.4 Å². The second-order valence-corrected chi connectivity index (χ2v) is 9.38. The molecule has 2 aromatic carbocycles. The first-order valence-corrected chi connectivity index (χ1v) is 11.7. The van der Waals surface area contributed by atoms with Gasteiger partial charge in [-0.25, -0.2) is 4.98 Å². The molecule has 3 rings (SSSR count). The summed E-state index contributed by atoms with van der Waals surface area (Å²) in [7, 11) is 0. The largest absolute Gasteiger partial charge is 0.375 e. The molecular formula is C20H19Cl4N3O4S. The van der Waals surface area contributed by atoms with Gasteiger partial charge in [0.05, 0.1) is 29.6 Å². The van der Waals surface area contributed by atoms with E-state index in [2.05, 4.69) is 4.98 Å². The van der Waals surface area contributed by atoms with Crippen LogP contribution in [0.2, 0.25) is 20.1 Å². The molecule has 7 nitrogen and oxygen atoms in total. The van der Waals surface area contributed by atoms with Crippen molar-refractivity contribution in [1.82, 2.24) is 9.55 Å². The SMILES string of the molecule is Clc1ccc(COCC(Cn2ccnc2)SCc2ccc(Cl)c(Cl)c2)c(Cl)c1.O=[N+]([O-])O. The van der Waals surface area contributed by atoms with Gasteiger partial charge in [-0.2, -0.15) is 0 Å². The fourth-order valence-corrected chi connectivity index (χ4v) is 4.43. The van der Waals surface area contributed by atoms with Gasteiger partial charge in [0.25, 0.3) is 5.09 Å². The lowest BCUT2D eigenvalue weighted by Gasteiger charge is -2.18. The fraction of sp³-hybridized carbons (Fsp3) is 0.250. The van der Waals surface area contributed by atoms with Crippen molar-refractivity contribution in [3.8, 4) is 0 Å². The second kappa shape index (κ2) is 13.8. The van der Waals surface area contributed by atoms with Crippen LogP contribution in [0.15, 0.2) is 55.1 Å². The van der Waals surface area contributed by atoms with E-state index in [-0.39, 0.29) is 5.25 Å². The summed E-state index contributed by atoms with van der Waals surface area (Å²) in [5.41, 5.74) is 2.04. The minimum Gasteiger partial charge on any atom is -0.375 e. The lowest BCUT2D eigenvalue weighted by molar-refractivity contribution is -0.742. The maximum absolute atomic E-state index is 8.36. The Labute approximate surface area is 209 Å². The van der Waals surface area contributed by atoms with Gasteiger partial charge in [0.2, 0.25) is 0 Å².